The van der Waals surface area contributed by atoms with E-state index in [1.165, 1.54) is 0 Å². The van der Waals surface area contributed by atoms with Gasteiger partial charge in [0.1, 0.15) is 5.60 Å². The molecule has 0 amide bonds. The molecule has 0 aliphatic carbocycles. The van der Waals surface area contributed by atoms with Crippen LogP contribution in [0.1, 0.15) is 34.1 Å². The summed E-state index contributed by atoms with van der Waals surface area (Å²) in [6, 6.07) is 0. The van der Waals surface area contributed by atoms with E-state index in [4.69, 9.17) is 4.74 Å². The fourth-order valence-electron chi connectivity index (χ4n) is 1.44. The third kappa shape index (κ3) is 5.04. The van der Waals surface area contributed by atoms with Crippen molar-refractivity contribution in [2.24, 2.45) is 5.90 Å². The highest BCUT2D eigenvalue weighted by atomic mass is 16.8. The molecule has 3 N–H and O–H groups in total. The van der Waals surface area contributed by atoms with Crippen LogP contribution in [0, 0.1) is 0 Å². The van der Waals surface area contributed by atoms with Crippen molar-refractivity contribution >= 4 is 6.16 Å². The molecule has 0 atom stereocenters. The molecule has 0 spiro atoms. The van der Waals surface area contributed by atoms with Gasteiger partial charge in [-0.15, -0.1) is 0 Å². The minimum absolute atomic E-state index is 0.113. The molecule has 0 bridgehead atoms. The molecular weight excluding hydrogens is 184 g/mol. The molecule has 0 heterocycles. The Hall–Kier alpha value is -0.810. The zero-order valence-corrected chi connectivity index (χ0v) is 9.51. The van der Waals surface area contributed by atoms with Gasteiger partial charge in [0.15, 0.2) is 0 Å². The molecule has 0 aromatic heterocycles. The van der Waals surface area contributed by atoms with E-state index in [0.717, 1.165) is 0 Å². The standard InChI is InChI=1S/C9H20N2O3/c1-8(2,11-5)6-9(3,4)13-7(12)14-10/h11H,6,10H2,1-5H3. The van der Waals surface area contributed by atoms with E-state index in [-0.39, 0.29) is 5.54 Å². The minimum Gasteiger partial charge on any atom is -0.427 e. The smallest absolute Gasteiger partial charge is 0.427 e. The third-order valence-electron chi connectivity index (χ3n) is 2.00. The average Bonchev–Trinajstić information content (AvgIpc) is 2.01. The zero-order chi connectivity index (χ0) is 11.4. The maximum absolute atomic E-state index is 10.8. The van der Waals surface area contributed by atoms with Crippen molar-refractivity contribution in [3.63, 3.8) is 0 Å². The number of ether oxygens (including phenoxy) is 1. The number of hydrogen-bond donors (Lipinski definition) is 2. The Morgan fingerprint density at radius 3 is 2.21 bits per heavy atom. The van der Waals surface area contributed by atoms with Gasteiger partial charge in [0.25, 0.3) is 0 Å². The highest BCUT2D eigenvalue weighted by Crippen LogP contribution is 2.23. The van der Waals surface area contributed by atoms with Crippen LogP contribution in [-0.4, -0.2) is 24.3 Å². The third-order valence-corrected chi connectivity index (χ3v) is 2.00. The van der Waals surface area contributed by atoms with Crippen molar-refractivity contribution in [1.82, 2.24) is 5.32 Å². The molecule has 84 valence electrons. The lowest BCUT2D eigenvalue weighted by Crippen LogP contribution is -2.44. The Kier molecular flexibility index (Phi) is 4.35. The van der Waals surface area contributed by atoms with Crippen LogP contribution in [0.4, 0.5) is 4.79 Å². The summed E-state index contributed by atoms with van der Waals surface area (Å²) in [5.74, 6) is 4.69. The highest BCUT2D eigenvalue weighted by Gasteiger charge is 2.31. The first-order valence-electron chi connectivity index (χ1n) is 4.51. The van der Waals surface area contributed by atoms with Gasteiger partial charge in [-0.05, 0) is 34.7 Å². The quantitative estimate of drug-likeness (QED) is 0.531. The lowest BCUT2D eigenvalue weighted by Gasteiger charge is -2.33. The Morgan fingerprint density at radius 1 is 1.36 bits per heavy atom. The van der Waals surface area contributed by atoms with E-state index < -0.39 is 11.8 Å². The summed E-state index contributed by atoms with van der Waals surface area (Å²) in [7, 11) is 1.86. The van der Waals surface area contributed by atoms with Gasteiger partial charge in [0.05, 0.1) is 0 Å². The van der Waals surface area contributed by atoms with Gasteiger partial charge in [-0.3, -0.25) is 0 Å². The van der Waals surface area contributed by atoms with Crippen molar-refractivity contribution in [2.75, 3.05) is 7.05 Å². The molecule has 0 saturated carbocycles. The predicted molar refractivity (Wildman–Crippen MR) is 53.6 cm³/mol. The van der Waals surface area contributed by atoms with Crippen LogP contribution < -0.4 is 11.2 Å². The molecule has 14 heavy (non-hydrogen) atoms. The van der Waals surface area contributed by atoms with Crippen molar-refractivity contribution in [3.05, 3.63) is 0 Å². The van der Waals surface area contributed by atoms with E-state index in [9.17, 15) is 4.79 Å². The van der Waals surface area contributed by atoms with Crippen LogP contribution >= 0.6 is 0 Å². The molecular formula is C9H20N2O3. The Morgan fingerprint density at radius 2 is 1.86 bits per heavy atom. The van der Waals surface area contributed by atoms with Gasteiger partial charge in [0, 0.05) is 12.0 Å². The molecule has 0 aliphatic heterocycles. The molecule has 0 unspecified atom stereocenters. The van der Waals surface area contributed by atoms with Crippen LogP contribution in [0.25, 0.3) is 0 Å². The minimum atomic E-state index is -0.859. The maximum atomic E-state index is 10.8. The van der Waals surface area contributed by atoms with E-state index in [1.807, 2.05) is 34.7 Å². The summed E-state index contributed by atoms with van der Waals surface area (Å²) >= 11 is 0. The molecule has 5 heteroatoms. The van der Waals surface area contributed by atoms with Gasteiger partial charge < -0.3 is 14.9 Å². The number of rotatable bonds is 4. The van der Waals surface area contributed by atoms with Crippen LogP contribution in [0.5, 0.6) is 0 Å². The molecule has 0 aromatic carbocycles. The Labute approximate surface area is 84.9 Å². The first-order valence-corrected chi connectivity index (χ1v) is 4.51. The Balaban J connectivity index is 4.26. The van der Waals surface area contributed by atoms with Gasteiger partial charge in [-0.25, -0.2) is 4.79 Å². The van der Waals surface area contributed by atoms with Crippen LogP contribution in [0.2, 0.25) is 0 Å². The maximum Gasteiger partial charge on any atom is 0.528 e. The van der Waals surface area contributed by atoms with Crippen molar-refractivity contribution in [3.8, 4) is 0 Å². The SMILES string of the molecule is CNC(C)(C)CC(C)(C)OC(=O)ON. The summed E-state index contributed by atoms with van der Waals surface area (Å²) in [5.41, 5.74) is -0.721. The summed E-state index contributed by atoms with van der Waals surface area (Å²) < 4.78 is 5.00. The highest BCUT2D eigenvalue weighted by molar-refractivity contribution is 5.59. The predicted octanol–water partition coefficient (Wildman–Crippen LogP) is 1.18. The number of carbonyl (C=O) groups excluding carboxylic acids is 1. The van der Waals surface area contributed by atoms with Crippen LogP contribution in [0.15, 0.2) is 0 Å². The summed E-state index contributed by atoms with van der Waals surface area (Å²) in [4.78, 5) is 14.8. The first-order chi connectivity index (χ1) is 6.22. The van der Waals surface area contributed by atoms with Crippen LogP contribution in [0.3, 0.4) is 0 Å². The average molecular weight is 204 g/mol. The summed E-state index contributed by atoms with van der Waals surface area (Å²) in [5, 5.41) is 3.13. The normalized spacial score (nSPS) is 12.4. The summed E-state index contributed by atoms with van der Waals surface area (Å²) in [6.07, 6.45) is -0.201. The summed E-state index contributed by atoms with van der Waals surface area (Å²) in [6.45, 7) is 7.66. The largest absolute Gasteiger partial charge is 0.528 e. The lowest BCUT2D eigenvalue weighted by molar-refractivity contribution is -0.0307. The molecule has 0 rings (SSSR count). The van der Waals surface area contributed by atoms with Crippen molar-refractivity contribution < 1.29 is 14.4 Å². The van der Waals surface area contributed by atoms with E-state index in [0.29, 0.717) is 6.42 Å². The second-order valence-corrected chi connectivity index (χ2v) is 4.54. The monoisotopic (exact) mass is 204 g/mol. The molecule has 0 saturated heterocycles. The topological polar surface area (TPSA) is 73.6 Å². The second kappa shape index (κ2) is 4.61. The first kappa shape index (κ1) is 13.2. The fourth-order valence-corrected chi connectivity index (χ4v) is 1.44. The molecule has 0 aromatic rings. The molecule has 5 nitrogen and oxygen atoms in total. The molecule has 0 radical (unpaired) electrons. The van der Waals surface area contributed by atoms with E-state index >= 15 is 0 Å². The lowest BCUT2D eigenvalue weighted by atomic mass is 9.89. The number of hydrogen-bond acceptors (Lipinski definition) is 5. The van der Waals surface area contributed by atoms with Gasteiger partial charge in [0.2, 0.25) is 0 Å². The number of nitrogens with two attached hydrogens (primary N) is 1. The van der Waals surface area contributed by atoms with Gasteiger partial charge in [-0.1, -0.05) is 0 Å². The number of nitrogens with one attached hydrogen (secondary N) is 1. The number of carbonyl (C=O) groups is 1. The second-order valence-electron chi connectivity index (χ2n) is 4.54. The molecule has 0 fully saturated rings. The van der Waals surface area contributed by atoms with Gasteiger partial charge in [-0.2, -0.15) is 5.90 Å². The molecule has 0 aliphatic rings. The Bertz CT molecular complexity index is 202. The van der Waals surface area contributed by atoms with E-state index in [1.54, 1.807) is 0 Å². The van der Waals surface area contributed by atoms with E-state index in [2.05, 4.69) is 16.1 Å². The zero-order valence-electron chi connectivity index (χ0n) is 9.51. The van der Waals surface area contributed by atoms with Crippen molar-refractivity contribution in [1.29, 1.82) is 0 Å². The van der Waals surface area contributed by atoms with Gasteiger partial charge >= 0.3 is 6.16 Å². The van der Waals surface area contributed by atoms with Crippen LogP contribution in [-0.2, 0) is 9.57 Å². The van der Waals surface area contributed by atoms with Crippen molar-refractivity contribution in [2.45, 2.75) is 45.3 Å². The fraction of sp³-hybridized carbons (Fsp3) is 0.889.